The quantitative estimate of drug-likeness (QED) is 0.836. The van der Waals surface area contributed by atoms with E-state index in [0.29, 0.717) is 27.1 Å². The molecular weight excluding hydrogens is 361 g/mol. The molecule has 2 atom stereocenters. The monoisotopic (exact) mass is 377 g/mol. The predicted molar refractivity (Wildman–Crippen MR) is 96.9 cm³/mol. The van der Waals surface area contributed by atoms with Crippen molar-refractivity contribution in [2.45, 2.75) is 38.0 Å². The number of hydrogen-bond donors (Lipinski definition) is 1. The summed E-state index contributed by atoms with van der Waals surface area (Å²) in [5.74, 6) is 0.629. The molecule has 6 heteroatoms. The molecule has 2 aliphatic rings. The number of hydrogen-bond acceptors (Lipinski definition) is 3. The highest BCUT2D eigenvalue weighted by molar-refractivity contribution is 6.35. The van der Waals surface area contributed by atoms with Gasteiger partial charge in [0.25, 0.3) is 5.91 Å². The first-order chi connectivity index (χ1) is 11.8. The second-order valence-corrected chi connectivity index (χ2v) is 7.70. The molecule has 0 radical (unpaired) electrons. The summed E-state index contributed by atoms with van der Waals surface area (Å²) >= 11 is 12.2. The van der Waals surface area contributed by atoms with Gasteiger partial charge in [0.15, 0.2) is 11.5 Å². The van der Waals surface area contributed by atoms with Gasteiger partial charge >= 0.3 is 0 Å². The van der Waals surface area contributed by atoms with Crippen molar-refractivity contribution < 1.29 is 14.3 Å². The van der Waals surface area contributed by atoms with Gasteiger partial charge in [0, 0.05) is 41.4 Å². The summed E-state index contributed by atoms with van der Waals surface area (Å²) in [6.07, 6.45) is 0.866. The minimum absolute atomic E-state index is 0.0769. The number of carbonyl (C=O) groups excluding carboxylic acids is 1. The first-order valence-corrected chi connectivity index (χ1v) is 8.86. The standard InChI is InChI=1S/C19H17Cl2NO3/c1-19(2)24-16-6-3-10(7-17(16)25-19)18(23)22-15-9-13(15)12-5-4-11(20)8-14(12)21/h3-8,13,15H,9H2,1-2H3,(H,22,23)/t13-,15+/m0/s1. The molecule has 0 bridgehead atoms. The van der Waals surface area contributed by atoms with Crippen LogP contribution < -0.4 is 14.8 Å². The van der Waals surface area contributed by atoms with Gasteiger partial charge < -0.3 is 14.8 Å². The Labute approximate surface area is 156 Å². The molecule has 0 unspecified atom stereocenters. The maximum Gasteiger partial charge on any atom is 0.251 e. The first kappa shape index (κ1) is 16.6. The molecule has 2 aromatic rings. The van der Waals surface area contributed by atoms with Crippen LogP contribution in [-0.4, -0.2) is 17.7 Å². The lowest BCUT2D eigenvalue weighted by Crippen LogP contribution is -2.29. The van der Waals surface area contributed by atoms with E-state index in [4.69, 9.17) is 32.7 Å². The number of ether oxygens (including phenoxy) is 2. The van der Waals surface area contributed by atoms with Gasteiger partial charge in [0.05, 0.1) is 0 Å². The van der Waals surface area contributed by atoms with E-state index in [0.717, 1.165) is 12.0 Å². The van der Waals surface area contributed by atoms with Crippen molar-refractivity contribution in [2.24, 2.45) is 0 Å². The van der Waals surface area contributed by atoms with Crippen LogP contribution in [0.15, 0.2) is 36.4 Å². The minimum Gasteiger partial charge on any atom is -0.449 e. The van der Waals surface area contributed by atoms with Gasteiger partial charge in [-0.1, -0.05) is 29.3 Å². The van der Waals surface area contributed by atoms with Crippen molar-refractivity contribution in [1.29, 1.82) is 0 Å². The zero-order valence-corrected chi connectivity index (χ0v) is 15.3. The minimum atomic E-state index is -0.704. The van der Waals surface area contributed by atoms with E-state index in [-0.39, 0.29) is 17.9 Å². The van der Waals surface area contributed by atoms with Crippen molar-refractivity contribution in [1.82, 2.24) is 5.32 Å². The van der Waals surface area contributed by atoms with Gasteiger partial charge in [-0.05, 0) is 42.3 Å². The molecule has 1 heterocycles. The maximum absolute atomic E-state index is 12.5. The average Bonchev–Trinajstić information content (AvgIpc) is 3.18. The molecule has 1 saturated carbocycles. The highest BCUT2D eigenvalue weighted by Gasteiger charge is 2.41. The van der Waals surface area contributed by atoms with E-state index in [9.17, 15) is 4.79 Å². The van der Waals surface area contributed by atoms with Crippen LogP contribution in [0.4, 0.5) is 0 Å². The third-order valence-corrected chi connectivity index (χ3v) is 4.95. The molecule has 2 aromatic carbocycles. The Kier molecular flexibility index (Phi) is 3.85. The Hall–Kier alpha value is -1.91. The third-order valence-electron chi connectivity index (χ3n) is 4.39. The topological polar surface area (TPSA) is 47.6 Å². The Morgan fingerprint density at radius 2 is 1.88 bits per heavy atom. The second kappa shape index (κ2) is 5.82. The summed E-state index contributed by atoms with van der Waals surface area (Å²) in [6, 6.07) is 10.8. The number of nitrogens with one attached hydrogen (secondary N) is 1. The highest BCUT2D eigenvalue weighted by Crippen LogP contribution is 2.45. The zero-order chi connectivity index (χ0) is 17.8. The fourth-order valence-corrected chi connectivity index (χ4v) is 3.66. The number of amides is 1. The molecule has 0 saturated heterocycles. The van der Waals surface area contributed by atoms with E-state index >= 15 is 0 Å². The molecular formula is C19H17Cl2NO3. The molecule has 130 valence electrons. The SMILES string of the molecule is CC1(C)Oc2ccc(C(=O)N[C@@H]3C[C@H]3c3ccc(Cl)cc3Cl)cc2O1. The van der Waals surface area contributed by atoms with Crippen LogP contribution in [0.1, 0.15) is 42.1 Å². The van der Waals surface area contributed by atoms with E-state index in [1.165, 1.54) is 0 Å². The van der Waals surface area contributed by atoms with Crippen molar-refractivity contribution >= 4 is 29.1 Å². The normalized spacial score (nSPS) is 22.6. The fourth-order valence-electron chi connectivity index (χ4n) is 3.12. The van der Waals surface area contributed by atoms with E-state index in [2.05, 4.69) is 5.32 Å². The number of rotatable bonds is 3. The van der Waals surface area contributed by atoms with Crippen LogP contribution in [0.3, 0.4) is 0 Å². The molecule has 4 rings (SSSR count). The van der Waals surface area contributed by atoms with E-state index in [1.54, 1.807) is 24.3 Å². The van der Waals surface area contributed by atoms with Gasteiger partial charge in [-0.25, -0.2) is 0 Å². The lowest BCUT2D eigenvalue weighted by Gasteiger charge is -2.16. The zero-order valence-electron chi connectivity index (χ0n) is 13.8. The summed E-state index contributed by atoms with van der Waals surface area (Å²) in [5.41, 5.74) is 1.57. The van der Waals surface area contributed by atoms with Gasteiger partial charge in [-0.3, -0.25) is 4.79 Å². The van der Waals surface area contributed by atoms with Gasteiger partial charge in [0.2, 0.25) is 5.79 Å². The Bertz CT molecular complexity index is 866. The van der Waals surface area contributed by atoms with Crippen molar-refractivity contribution in [3.8, 4) is 11.5 Å². The molecule has 0 aromatic heterocycles. The largest absolute Gasteiger partial charge is 0.449 e. The number of benzene rings is 2. The molecule has 1 aliphatic carbocycles. The van der Waals surface area contributed by atoms with Gasteiger partial charge in [-0.15, -0.1) is 0 Å². The van der Waals surface area contributed by atoms with E-state index in [1.807, 2.05) is 26.0 Å². The van der Waals surface area contributed by atoms with Crippen molar-refractivity contribution in [3.63, 3.8) is 0 Å². The first-order valence-electron chi connectivity index (χ1n) is 8.10. The van der Waals surface area contributed by atoms with Gasteiger partial charge in [0.1, 0.15) is 0 Å². The smallest absolute Gasteiger partial charge is 0.251 e. The lowest BCUT2D eigenvalue weighted by atomic mass is 10.1. The van der Waals surface area contributed by atoms with Crippen LogP contribution in [0, 0.1) is 0 Å². The summed E-state index contributed by atoms with van der Waals surface area (Å²) in [7, 11) is 0. The summed E-state index contributed by atoms with van der Waals surface area (Å²) < 4.78 is 11.3. The predicted octanol–water partition coefficient (Wildman–Crippen LogP) is 4.79. The molecule has 1 N–H and O–H groups in total. The molecule has 1 aliphatic heterocycles. The van der Waals surface area contributed by atoms with Crippen molar-refractivity contribution in [2.75, 3.05) is 0 Å². The van der Waals surface area contributed by atoms with Gasteiger partial charge in [-0.2, -0.15) is 0 Å². The highest BCUT2D eigenvalue weighted by atomic mass is 35.5. The second-order valence-electron chi connectivity index (χ2n) is 6.85. The van der Waals surface area contributed by atoms with Crippen LogP contribution in [0.5, 0.6) is 11.5 Å². The Morgan fingerprint density at radius 3 is 2.64 bits per heavy atom. The third kappa shape index (κ3) is 3.29. The van der Waals surface area contributed by atoms with Crippen LogP contribution in [-0.2, 0) is 0 Å². The Morgan fingerprint density at radius 1 is 1.12 bits per heavy atom. The van der Waals surface area contributed by atoms with Crippen LogP contribution in [0.2, 0.25) is 10.0 Å². The summed E-state index contributed by atoms with van der Waals surface area (Å²) in [4.78, 5) is 12.5. The van der Waals surface area contributed by atoms with Crippen LogP contribution in [0.25, 0.3) is 0 Å². The molecule has 4 nitrogen and oxygen atoms in total. The lowest BCUT2D eigenvalue weighted by molar-refractivity contribution is -0.0431. The van der Waals surface area contributed by atoms with Crippen LogP contribution >= 0.6 is 23.2 Å². The van der Waals surface area contributed by atoms with E-state index < -0.39 is 5.79 Å². The molecule has 25 heavy (non-hydrogen) atoms. The summed E-state index contributed by atoms with van der Waals surface area (Å²) in [5, 5.41) is 4.29. The summed E-state index contributed by atoms with van der Waals surface area (Å²) in [6.45, 7) is 3.66. The number of halogens is 2. The molecule has 1 amide bonds. The average molecular weight is 378 g/mol. The Balaban J connectivity index is 1.44. The fraction of sp³-hybridized carbons (Fsp3) is 0.316. The maximum atomic E-state index is 12.5. The molecule has 0 spiro atoms. The number of fused-ring (bicyclic) bond motifs is 1. The number of carbonyl (C=O) groups is 1. The molecule has 1 fully saturated rings. The van der Waals surface area contributed by atoms with Crippen molar-refractivity contribution in [3.05, 3.63) is 57.6 Å².